The molecule has 0 aromatic heterocycles. The van der Waals surface area contributed by atoms with E-state index >= 15 is 0 Å². The highest BCUT2D eigenvalue weighted by atomic mass is 16.1. The van der Waals surface area contributed by atoms with E-state index < -0.39 is 0 Å². The van der Waals surface area contributed by atoms with Gasteiger partial charge in [-0.3, -0.25) is 0 Å². The molecule has 1 nitrogen and oxygen atoms in total. The molecule has 0 aromatic carbocycles. The van der Waals surface area contributed by atoms with Crippen LogP contribution >= 0.6 is 0 Å². The third-order valence-corrected chi connectivity index (χ3v) is 13.1. The molecule has 2 bridgehead atoms. The molecule has 10 atom stereocenters. The number of fused-ring (bicyclic) bond motifs is 8. The summed E-state index contributed by atoms with van der Waals surface area (Å²) in [5.41, 5.74) is 1.79. The fourth-order valence-electron chi connectivity index (χ4n) is 11.1. The molecule has 5 aliphatic carbocycles. The lowest BCUT2D eigenvalue weighted by Crippen LogP contribution is -2.59. The molecule has 31 heavy (non-hydrogen) atoms. The van der Waals surface area contributed by atoms with Crippen LogP contribution < -0.4 is 0 Å². The van der Waals surface area contributed by atoms with Gasteiger partial charge < -0.3 is 4.79 Å². The number of rotatable bonds is 1. The number of hydrogen-bond acceptors (Lipinski definition) is 1. The Labute approximate surface area is 192 Å². The number of carbonyl (C=O) groups excluding carboxylic acids is 1. The minimum absolute atomic E-state index is 0.00698. The molecule has 176 valence electrons. The maximum absolute atomic E-state index is 12.6. The summed E-state index contributed by atoms with van der Waals surface area (Å²) in [5, 5.41) is 0. The van der Waals surface area contributed by atoms with Gasteiger partial charge in [-0.15, -0.1) is 0 Å². The van der Waals surface area contributed by atoms with Crippen LogP contribution in [0.1, 0.15) is 119 Å². The highest BCUT2D eigenvalue weighted by Gasteiger charge is 2.66. The summed E-state index contributed by atoms with van der Waals surface area (Å²) in [6.45, 7) is 18.2. The van der Waals surface area contributed by atoms with Gasteiger partial charge in [-0.2, -0.15) is 0 Å². The Hall–Kier alpha value is -0.330. The van der Waals surface area contributed by atoms with Gasteiger partial charge in [0.05, 0.1) is 0 Å². The van der Waals surface area contributed by atoms with Gasteiger partial charge in [0.25, 0.3) is 0 Å². The molecule has 5 rings (SSSR count). The Balaban J connectivity index is 1.57. The Bertz CT molecular complexity index is 739. The van der Waals surface area contributed by atoms with Crippen LogP contribution in [0.4, 0.5) is 0 Å². The summed E-state index contributed by atoms with van der Waals surface area (Å²) < 4.78 is 0. The molecule has 0 aromatic rings. The Morgan fingerprint density at radius 1 is 0.774 bits per heavy atom. The quantitative estimate of drug-likeness (QED) is 0.385. The fourth-order valence-corrected chi connectivity index (χ4v) is 11.1. The van der Waals surface area contributed by atoms with Crippen molar-refractivity contribution in [2.24, 2.45) is 62.6 Å². The summed E-state index contributed by atoms with van der Waals surface area (Å²) in [4.78, 5) is 12.6. The highest BCUT2D eigenvalue weighted by molar-refractivity contribution is 5.61. The Kier molecular flexibility index (Phi) is 4.96. The van der Waals surface area contributed by atoms with Gasteiger partial charge in [-0.05, 0) is 128 Å². The molecule has 5 fully saturated rings. The molecule has 0 N–H and O–H groups in total. The monoisotopic (exact) mass is 426 g/mol. The molecule has 0 radical (unpaired) electrons. The van der Waals surface area contributed by atoms with Crippen LogP contribution in [-0.4, -0.2) is 6.29 Å². The summed E-state index contributed by atoms with van der Waals surface area (Å²) in [6.07, 6.45) is 16.2. The second-order valence-corrected chi connectivity index (χ2v) is 15.2. The van der Waals surface area contributed by atoms with Crippen molar-refractivity contribution in [3.8, 4) is 0 Å². The zero-order valence-corrected chi connectivity index (χ0v) is 21.7. The third kappa shape index (κ3) is 3.02. The van der Waals surface area contributed by atoms with Crippen molar-refractivity contribution in [2.75, 3.05) is 0 Å². The maximum atomic E-state index is 12.6. The highest BCUT2D eigenvalue weighted by Crippen LogP contribution is 2.74. The van der Waals surface area contributed by atoms with Crippen LogP contribution in [0, 0.1) is 62.6 Å². The van der Waals surface area contributed by atoms with E-state index in [1.54, 1.807) is 0 Å². The van der Waals surface area contributed by atoms with E-state index in [2.05, 4.69) is 48.5 Å². The van der Waals surface area contributed by atoms with Gasteiger partial charge in [0.15, 0.2) is 0 Å². The normalized spacial score (nSPS) is 58.3. The number of aldehydes is 1. The van der Waals surface area contributed by atoms with Crippen molar-refractivity contribution in [3.63, 3.8) is 0 Å². The second kappa shape index (κ2) is 6.85. The largest absolute Gasteiger partial charge is 0.303 e. The van der Waals surface area contributed by atoms with Gasteiger partial charge in [-0.25, -0.2) is 0 Å². The van der Waals surface area contributed by atoms with Gasteiger partial charge in [-0.1, -0.05) is 48.5 Å². The zero-order chi connectivity index (χ0) is 22.4. The lowest BCUT2D eigenvalue weighted by Gasteiger charge is -2.66. The summed E-state index contributed by atoms with van der Waals surface area (Å²) in [6, 6.07) is 0. The van der Waals surface area contributed by atoms with E-state index in [4.69, 9.17) is 0 Å². The van der Waals surface area contributed by atoms with Crippen LogP contribution in [0.25, 0.3) is 0 Å². The first kappa shape index (κ1) is 22.5. The number of hydrogen-bond donors (Lipinski definition) is 0. The van der Waals surface area contributed by atoms with Crippen LogP contribution in [0.2, 0.25) is 0 Å². The maximum Gasteiger partial charge on any atom is 0.126 e. The third-order valence-electron chi connectivity index (χ3n) is 13.1. The van der Waals surface area contributed by atoms with Crippen LogP contribution in [0.3, 0.4) is 0 Å². The van der Waals surface area contributed by atoms with Crippen LogP contribution in [0.15, 0.2) is 0 Å². The van der Waals surface area contributed by atoms with Crippen molar-refractivity contribution in [3.05, 3.63) is 0 Å². The minimum atomic E-state index is -0.00698. The first-order chi connectivity index (χ1) is 14.4. The van der Waals surface area contributed by atoms with E-state index in [1.165, 1.54) is 64.1 Å². The predicted molar refractivity (Wildman–Crippen MR) is 130 cm³/mol. The molecule has 0 aliphatic heterocycles. The Morgan fingerprint density at radius 2 is 1.48 bits per heavy atom. The van der Waals surface area contributed by atoms with Gasteiger partial charge in [0.2, 0.25) is 0 Å². The van der Waals surface area contributed by atoms with Gasteiger partial charge in [0.1, 0.15) is 6.29 Å². The number of carbonyl (C=O) groups is 1. The SMILES string of the molecule is CC1[C@@H]2[C@H]3CCC4C5CC(C)(C)CC[C@]5(C=O)CC[C@@]4(C)[C@@](C)(C3)CC2(C)CC[C@@H]1C. The smallest absolute Gasteiger partial charge is 0.126 e. The molecule has 5 saturated carbocycles. The molecular formula is C30H50O. The average Bonchev–Trinajstić information content (AvgIpc) is 2.78. The zero-order valence-electron chi connectivity index (χ0n) is 21.7. The van der Waals surface area contributed by atoms with Crippen molar-refractivity contribution < 1.29 is 4.79 Å². The summed E-state index contributed by atoms with van der Waals surface area (Å²) in [7, 11) is 0. The van der Waals surface area contributed by atoms with Gasteiger partial charge in [0, 0.05) is 5.41 Å². The molecule has 0 saturated heterocycles. The lowest BCUT2D eigenvalue weighted by molar-refractivity contribution is -0.178. The molecule has 5 aliphatic rings. The van der Waals surface area contributed by atoms with E-state index in [1.807, 2.05) is 0 Å². The van der Waals surface area contributed by atoms with Crippen molar-refractivity contribution in [2.45, 2.75) is 119 Å². The standard InChI is InChI=1S/C30H50O/c1-20-10-11-27(5)18-28(6)16-22(25(27)21(20)2)8-9-23-24-17-26(3,4)12-14-30(24,19-31)15-13-29(23,28)7/h19-25H,8-18H2,1-7H3/t20-,21?,22-,23?,24?,25+,27?,28-,29+,30+/m0/s1. The average molecular weight is 427 g/mol. The van der Waals surface area contributed by atoms with Crippen molar-refractivity contribution >= 4 is 6.29 Å². The molecule has 0 spiro atoms. The Morgan fingerprint density at radius 3 is 2.19 bits per heavy atom. The van der Waals surface area contributed by atoms with Crippen LogP contribution in [-0.2, 0) is 4.79 Å². The first-order valence-corrected chi connectivity index (χ1v) is 13.9. The molecule has 4 unspecified atom stereocenters. The minimum Gasteiger partial charge on any atom is -0.303 e. The van der Waals surface area contributed by atoms with E-state index in [0.717, 1.165) is 42.4 Å². The fraction of sp³-hybridized carbons (Fsp3) is 0.967. The second-order valence-electron chi connectivity index (χ2n) is 15.2. The predicted octanol–water partition coefficient (Wildman–Crippen LogP) is 8.31. The summed E-state index contributed by atoms with van der Waals surface area (Å²) >= 11 is 0. The molecular weight excluding hydrogens is 376 g/mol. The first-order valence-electron chi connectivity index (χ1n) is 13.9. The van der Waals surface area contributed by atoms with Crippen molar-refractivity contribution in [1.29, 1.82) is 0 Å². The van der Waals surface area contributed by atoms with E-state index in [-0.39, 0.29) is 5.41 Å². The summed E-state index contributed by atoms with van der Waals surface area (Å²) in [5.74, 6) is 4.97. The van der Waals surface area contributed by atoms with E-state index in [0.29, 0.717) is 27.6 Å². The molecule has 0 amide bonds. The van der Waals surface area contributed by atoms with Crippen molar-refractivity contribution in [1.82, 2.24) is 0 Å². The topological polar surface area (TPSA) is 17.1 Å². The molecule has 0 heterocycles. The lowest BCUT2D eigenvalue weighted by atomic mass is 9.38. The molecule has 1 heteroatoms. The van der Waals surface area contributed by atoms with E-state index in [9.17, 15) is 4.79 Å². The van der Waals surface area contributed by atoms with Crippen LogP contribution in [0.5, 0.6) is 0 Å². The van der Waals surface area contributed by atoms with Gasteiger partial charge >= 0.3 is 0 Å².